The summed E-state index contributed by atoms with van der Waals surface area (Å²) in [5, 5.41) is 0.928. The van der Waals surface area contributed by atoms with Gasteiger partial charge in [0.05, 0.1) is 5.39 Å². The standard InChI is InChI=1S/C25H24FN5OS/c26-19-9-7-18(8-10-19)21-16-20-23(28-25(27)29-24(20)33-21)31-14-12-30(13-15-31)22(32)11-6-17-4-2-1-3-5-17/h1-5,7-10,16H,6,11-15H2,(H2,27,28,29). The third kappa shape index (κ3) is 4.66. The molecule has 0 atom stereocenters. The highest BCUT2D eigenvalue weighted by molar-refractivity contribution is 7.22. The zero-order valence-corrected chi connectivity index (χ0v) is 18.9. The van der Waals surface area contributed by atoms with Crippen molar-refractivity contribution in [3.63, 3.8) is 0 Å². The molecule has 2 N–H and O–H groups in total. The Morgan fingerprint density at radius 2 is 1.73 bits per heavy atom. The number of benzene rings is 2. The topological polar surface area (TPSA) is 75.3 Å². The Morgan fingerprint density at radius 3 is 2.45 bits per heavy atom. The van der Waals surface area contributed by atoms with E-state index in [1.54, 1.807) is 12.1 Å². The van der Waals surface area contributed by atoms with Crippen molar-refractivity contribution in [2.24, 2.45) is 0 Å². The van der Waals surface area contributed by atoms with Crippen LogP contribution in [0.15, 0.2) is 60.7 Å². The molecule has 1 amide bonds. The SMILES string of the molecule is Nc1nc(N2CCN(C(=O)CCc3ccccc3)CC2)c2cc(-c3ccc(F)cc3)sc2n1. The molecule has 8 heteroatoms. The van der Waals surface area contributed by atoms with Crippen molar-refractivity contribution in [2.75, 3.05) is 36.8 Å². The Balaban J connectivity index is 1.30. The molecule has 6 nitrogen and oxygen atoms in total. The number of nitrogens with zero attached hydrogens (tertiary/aromatic N) is 4. The van der Waals surface area contributed by atoms with Crippen molar-refractivity contribution in [3.05, 3.63) is 72.0 Å². The number of fused-ring (bicyclic) bond motifs is 1. The predicted molar refractivity (Wildman–Crippen MR) is 131 cm³/mol. The molecule has 0 bridgehead atoms. The van der Waals surface area contributed by atoms with Crippen molar-refractivity contribution in [1.82, 2.24) is 14.9 Å². The highest BCUT2D eigenvalue weighted by Gasteiger charge is 2.24. The van der Waals surface area contributed by atoms with Crippen molar-refractivity contribution in [2.45, 2.75) is 12.8 Å². The number of carbonyl (C=O) groups is 1. The number of hydrogen-bond donors (Lipinski definition) is 1. The Bertz CT molecular complexity index is 1270. The van der Waals surface area contributed by atoms with Crippen LogP contribution in [-0.2, 0) is 11.2 Å². The molecule has 2 aromatic carbocycles. The van der Waals surface area contributed by atoms with Gasteiger partial charge in [0, 0.05) is 37.5 Å². The van der Waals surface area contributed by atoms with Crippen LogP contribution in [0.1, 0.15) is 12.0 Å². The van der Waals surface area contributed by atoms with Gasteiger partial charge in [0.1, 0.15) is 16.5 Å². The van der Waals surface area contributed by atoms with E-state index in [2.05, 4.69) is 27.0 Å². The van der Waals surface area contributed by atoms with E-state index in [4.69, 9.17) is 5.73 Å². The number of nitrogens with two attached hydrogens (primary N) is 1. The summed E-state index contributed by atoms with van der Waals surface area (Å²) >= 11 is 1.51. The van der Waals surface area contributed by atoms with Crippen LogP contribution in [-0.4, -0.2) is 47.0 Å². The third-order valence-corrected chi connectivity index (χ3v) is 7.00. The van der Waals surface area contributed by atoms with Gasteiger partial charge in [0.15, 0.2) is 0 Å². The number of aryl methyl sites for hydroxylation is 1. The third-order valence-electron chi connectivity index (χ3n) is 5.92. The molecule has 5 rings (SSSR count). The number of nitrogen functional groups attached to an aromatic ring is 1. The molecule has 2 aromatic heterocycles. The molecule has 0 radical (unpaired) electrons. The number of anilines is 2. The molecule has 33 heavy (non-hydrogen) atoms. The molecule has 0 spiro atoms. The first-order chi connectivity index (χ1) is 16.1. The second-order valence-corrected chi connectivity index (χ2v) is 9.13. The van der Waals surface area contributed by atoms with E-state index < -0.39 is 0 Å². The first kappa shape index (κ1) is 21.3. The van der Waals surface area contributed by atoms with E-state index in [0.29, 0.717) is 32.6 Å². The highest BCUT2D eigenvalue weighted by Crippen LogP contribution is 2.37. The van der Waals surface area contributed by atoms with Crippen molar-refractivity contribution in [1.29, 1.82) is 0 Å². The van der Waals surface area contributed by atoms with Crippen LogP contribution in [0, 0.1) is 5.82 Å². The molecule has 0 saturated carbocycles. The molecule has 1 aliphatic heterocycles. The number of rotatable bonds is 5. The minimum atomic E-state index is -0.263. The molecular formula is C25H24FN5OS. The van der Waals surface area contributed by atoms with Gasteiger partial charge < -0.3 is 15.5 Å². The van der Waals surface area contributed by atoms with Crippen LogP contribution < -0.4 is 10.6 Å². The quantitative estimate of drug-likeness (QED) is 0.478. The van der Waals surface area contributed by atoms with Gasteiger partial charge in [-0.15, -0.1) is 11.3 Å². The van der Waals surface area contributed by atoms with E-state index >= 15 is 0 Å². The maximum absolute atomic E-state index is 13.3. The molecule has 1 saturated heterocycles. The summed E-state index contributed by atoms with van der Waals surface area (Å²) in [6.07, 6.45) is 1.27. The molecular weight excluding hydrogens is 437 g/mol. The van der Waals surface area contributed by atoms with Crippen LogP contribution in [0.2, 0.25) is 0 Å². The summed E-state index contributed by atoms with van der Waals surface area (Å²) < 4.78 is 13.3. The average Bonchev–Trinajstić information content (AvgIpc) is 3.27. The van der Waals surface area contributed by atoms with Gasteiger partial charge in [-0.2, -0.15) is 4.98 Å². The molecule has 0 aliphatic carbocycles. The van der Waals surface area contributed by atoms with Gasteiger partial charge in [-0.1, -0.05) is 42.5 Å². The summed E-state index contributed by atoms with van der Waals surface area (Å²) in [6, 6.07) is 18.6. The first-order valence-corrected chi connectivity index (χ1v) is 11.8. The monoisotopic (exact) mass is 461 g/mol. The summed E-state index contributed by atoms with van der Waals surface area (Å²) in [5.74, 6) is 0.936. The van der Waals surface area contributed by atoms with Gasteiger partial charge in [-0.25, -0.2) is 9.37 Å². The molecule has 3 heterocycles. The largest absolute Gasteiger partial charge is 0.368 e. The summed E-state index contributed by atoms with van der Waals surface area (Å²) in [4.78, 5) is 27.5. The van der Waals surface area contributed by atoms with Gasteiger partial charge in [0.2, 0.25) is 11.9 Å². The lowest BCUT2D eigenvalue weighted by atomic mass is 10.1. The maximum Gasteiger partial charge on any atom is 0.223 e. The maximum atomic E-state index is 13.3. The zero-order chi connectivity index (χ0) is 22.8. The van der Waals surface area contributed by atoms with E-state index in [9.17, 15) is 9.18 Å². The summed E-state index contributed by atoms with van der Waals surface area (Å²) in [7, 11) is 0. The van der Waals surface area contributed by atoms with E-state index in [1.807, 2.05) is 29.2 Å². The van der Waals surface area contributed by atoms with Crippen LogP contribution >= 0.6 is 11.3 Å². The molecule has 0 unspecified atom stereocenters. The lowest BCUT2D eigenvalue weighted by molar-refractivity contribution is -0.131. The Morgan fingerprint density at radius 1 is 1.00 bits per heavy atom. The van der Waals surface area contributed by atoms with Crippen molar-refractivity contribution < 1.29 is 9.18 Å². The second-order valence-electron chi connectivity index (χ2n) is 8.10. The van der Waals surface area contributed by atoms with Crippen LogP contribution in [0.5, 0.6) is 0 Å². The van der Waals surface area contributed by atoms with Gasteiger partial charge in [-0.3, -0.25) is 4.79 Å². The van der Waals surface area contributed by atoms with Gasteiger partial charge >= 0.3 is 0 Å². The number of aromatic nitrogens is 2. The summed E-state index contributed by atoms with van der Waals surface area (Å²) in [6.45, 7) is 2.66. The summed E-state index contributed by atoms with van der Waals surface area (Å²) in [5.41, 5.74) is 8.12. The Labute approximate surface area is 195 Å². The fourth-order valence-corrected chi connectivity index (χ4v) is 5.18. The van der Waals surface area contributed by atoms with Gasteiger partial charge in [0.25, 0.3) is 0 Å². The lowest BCUT2D eigenvalue weighted by Gasteiger charge is -2.35. The number of hydrogen-bond acceptors (Lipinski definition) is 6. The van der Waals surface area contributed by atoms with Crippen molar-refractivity contribution in [3.8, 4) is 10.4 Å². The Hall–Kier alpha value is -3.52. The zero-order valence-electron chi connectivity index (χ0n) is 18.1. The Kier molecular flexibility index (Phi) is 5.92. The van der Waals surface area contributed by atoms with E-state index in [1.165, 1.54) is 29.0 Å². The fourth-order valence-electron chi connectivity index (χ4n) is 4.14. The predicted octanol–water partition coefficient (Wildman–Crippen LogP) is 4.36. The van der Waals surface area contributed by atoms with Gasteiger partial charge in [-0.05, 0) is 35.7 Å². The minimum absolute atomic E-state index is 0.181. The number of carbonyl (C=O) groups excluding carboxylic acids is 1. The molecule has 1 aliphatic rings. The number of piperazine rings is 1. The van der Waals surface area contributed by atoms with Crippen LogP contribution in [0.3, 0.4) is 0 Å². The smallest absolute Gasteiger partial charge is 0.223 e. The number of halogens is 1. The minimum Gasteiger partial charge on any atom is -0.368 e. The molecule has 1 fully saturated rings. The normalized spacial score (nSPS) is 14.1. The molecule has 4 aromatic rings. The van der Waals surface area contributed by atoms with Crippen LogP contribution in [0.25, 0.3) is 20.7 Å². The molecule has 168 valence electrons. The van der Waals surface area contributed by atoms with E-state index in [0.717, 1.165) is 32.9 Å². The second kappa shape index (κ2) is 9.15. The highest BCUT2D eigenvalue weighted by atomic mass is 32.1. The number of thiophene rings is 1. The number of amides is 1. The first-order valence-electron chi connectivity index (χ1n) is 11.0. The average molecular weight is 462 g/mol. The lowest BCUT2D eigenvalue weighted by Crippen LogP contribution is -2.49. The van der Waals surface area contributed by atoms with Crippen molar-refractivity contribution >= 4 is 39.2 Å². The fraction of sp³-hybridized carbons (Fsp3) is 0.240. The van der Waals surface area contributed by atoms with E-state index in [-0.39, 0.29) is 17.7 Å². The van der Waals surface area contributed by atoms with Crippen LogP contribution in [0.4, 0.5) is 16.2 Å².